The molecule has 4 nitrogen and oxygen atoms in total. The second-order valence-corrected chi connectivity index (χ2v) is 5.82. The smallest absolute Gasteiger partial charge is 0.398 e. The van der Waals surface area contributed by atoms with Crippen molar-refractivity contribution in [3.05, 3.63) is 23.8 Å². The minimum Gasteiger partial charge on any atom is -0.398 e. The molecule has 2 N–H and O–H groups in total. The van der Waals surface area contributed by atoms with Crippen LogP contribution in [0.15, 0.2) is 18.2 Å². The van der Waals surface area contributed by atoms with E-state index < -0.39 is 24.7 Å². The van der Waals surface area contributed by atoms with Crippen molar-refractivity contribution in [1.82, 2.24) is 4.90 Å². The van der Waals surface area contributed by atoms with Gasteiger partial charge in [0.25, 0.3) is 0 Å². The van der Waals surface area contributed by atoms with E-state index in [-0.39, 0.29) is 19.0 Å². The summed E-state index contributed by atoms with van der Waals surface area (Å²) in [4.78, 5) is 15.2. The van der Waals surface area contributed by atoms with Crippen LogP contribution >= 0.6 is 12.4 Å². The van der Waals surface area contributed by atoms with Gasteiger partial charge in [-0.3, -0.25) is 4.79 Å². The lowest BCUT2D eigenvalue weighted by Gasteiger charge is -2.35. The summed E-state index contributed by atoms with van der Waals surface area (Å²) in [5.74, 6) is -0.437. The van der Waals surface area contributed by atoms with Crippen molar-refractivity contribution < 1.29 is 18.0 Å². The molecule has 2 aliphatic rings. The van der Waals surface area contributed by atoms with Crippen LogP contribution < -0.4 is 10.6 Å². The van der Waals surface area contributed by atoms with Gasteiger partial charge in [-0.05, 0) is 37.0 Å². The zero-order valence-corrected chi connectivity index (χ0v) is 13.3. The summed E-state index contributed by atoms with van der Waals surface area (Å²) in [7, 11) is 0. The third-order valence-corrected chi connectivity index (χ3v) is 4.34. The molecule has 0 spiro atoms. The van der Waals surface area contributed by atoms with Crippen LogP contribution in [0.4, 0.5) is 24.5 Å². The number of fused-ring (bicyclic) bond motifs is 1. The molecule has 0 radical (unpaired) electrons. The number of nitrogens with zero attached hydrogens (tertiary/aromatic N) is 2. The molecule has 0 aliphatic carbocycles. The fraction of sp³-hybridized carbons (Fsp3) is 0.533. The highest BCUT2D eigenvalue weighted by molar-refractivity contribution is 5.88. The van der Waals surface area contributed by atoms with Gasteiger partial charge in [-0.1, -0.05) is 6.07 Å². The monoisotopic (exact) mass is 349 g/mol. The standard InChI is InChI=1S/C15H18F3N3O.ClH/c16-15(17,18)9-20-8-6-13(14(20)22)21-7-2-3-10-11(19)4-1-5-12(10)21;/h1,4-5,13H,2-3,6-9,19H2;1H. The number of hydrogen-bond donors (Lipinski definition) is 1. The average molecular weight is 350 g/mol. The van der Waals surface area contributed by atoms with E-state index in [1.807, 2.05) is 23.1 Å². The Morgan fingerprint density at radius 1 is 1.26 bits per heavy atom. The molecule has 128 valence electrons. The molecule has 0 bridgehead atoms. The number of carbonyl (C=O) groups excluding carboxylic acids is 1. The third kappa shape index (κ3) is 3.49. The summed E-state index contributed by atoms with van der Waals surface area (Å²) in [6.07, 6.45) is -2.24. The van der Waals surface area contributed by atoms with Gasteiger partial charge in [0.1, 0.15) is 12.6 Å². The van der Waals surface area contributed by atoms with Crippen molar-refractivity contribution >= 4 is 29.7 Å². The van der Waals surface area contributed by atoms with E-state index in [9.17, 15) is 18.0 Å². The van der Waals surface area contributed by atoms with Crippen molar-refractivity contribution in [1.29, 1.82) is 0 Å². The first kappa shape index (κ1) is 17.7. The summed E-state index contributed by atoms with van der Waals surface area (Å²) < 4.78 is 37.6. The van der Waals surface area contributed by atoms with Crippen LogP contribution in [-0.2, 0) is 11.2 Å². The number of anilines is 2. The number of nitrogens with two attached hydrogens (primary N) is 1. The molecular formula is C15H19ClF3N3O. The Balaban J connectivity index is 0.00000192. The summed E-state index contributed by atoms with van der Waals surface area (Å²) in [5.41, 5.74) is 8.54. The molecule has 1 saturated heterocycles. The molecule has 1 aromatic rings. The Morgan fingerprint density at radius 3 is 2.70 bits per heavy atom. The van der Waals surface area contributed by atoms with E-state index in [0.717, 1.165) is 29.0 Å². The number of alkyl halides is 3. The first-order valence-electron chi connectivity index (χ1n) is 7.36. The van der Waals surface area contributed by atoms with Crippen molar-refractivity contribution in [2.75, 3.05) is 30.3 Å². The largest absolute Gasteiger partial charge is 0.406 e. The zero-order chi connectivity index (χ0) is 15.9. The van der Waals surface area contributed by atoms with Gasteiger partial charge < -0.3 is 15.5 Å². The minimum absolute atomic E-state index is 0. The highest BCUT2D eigenvalue weighted by atomic mass is 35.5. The number of rotatable bonds is 2. The molecule has 1 fully saturated rings. The maximum Gasteiger partial charge on any atom is 0.406 e. The quantitative estimate of drug-likeness (QED) is 0.835. The lowest BCUT2D eigenvalue weighted by molar-refractivity contribution is -0.157. The van der Waals surface area contributed by atoms with Gasteiger partial charge in [0, 0.05) is 24.5 Å². The van der Waals surface area contributed by atoms with Crippen molar-refractivity contribution in [2.45, 2.75) is 31.5 Å². The fourth-order valence-electron chi connectivity index (χ4n) is 3.39. The first-order valence-corrected chi connectivity index (χ1v) is 7.36. The Kier molecular flexibility index (Phi) is 4.98. The van der Waals surface area contributed by atoms with Crippen molar-refractivity contribution in [3.63, 3.8) is 0 Å². The normalized spacial score (nSPS) is 21.2. The maximum atomic E-state index is 12.5. The lowest BCUT2D eigenvalue weighted by Crippen LogP contribution is -2.46. The van der Waals surface area contributed by atoms with Gasteiger partial charge >= 0.3 is 6.18 Å². The maximum absolute atomic E-state index is 12.5. The number of likely N-dealkylation sites (tertiary alicyclic amines) is 1. The van der Waals surface area contributed by atoms with E-state index in [4.69, 9.17) is 5.73 Å². The molecule has 1 unspecified atom stereocenters. The van der Waals surface area contributed by atoms with E-state index in [1.54, 1.807) is 0 Å². The van der Waals surface area contributed by atoms with Crippen LogP contribution in [0.1, 0.15) is 18.4 Å². The Bertz CT molecular complexity index is 594. The van der Waals surface area contributed by atoms with Gasteiger partial charge in [0.15, 0.2) is 0 Å². The summed E-state index contributed by atoms with van der Waals surface area (Å²) >= 11 is 0. The van der Waals surface area contributed by atoms with Crippen LogP contribution in [0.5, 0.6) is 0 Å². The highest BCUT2D eigenvalue weighted by Gasteiger charge is 2.42. The number of benzene rings is 1. The predicted octanol–water partition coefficient (Wildman–Crippen LogP) is 2.61. The zero-order valence-electron chi connectivity index (χ0n) is 12.5. The van der Waals surface area contributed by atoms with Gasteiger partial charge in [-0.25, -0.2) is 0 Å². The van der Waals surface area contributed by atoms with E-state index in [0.29, 0.717) is 18.7 Å². The van der Waals surface area contributed by atoms with Gasteiger partial charge in [0.05, 0.1) is 0 Å². The molecule has 0 saturated carbocycles. The minimum atomic E-state index is -4.35. The van der Waals surface area contributed by atoms with Crippen LogP contribution in [0, 0.1) is 0 Å². The molecule has 2 heterocycles. The molecule has 0 aromatic heterocycles. The lowest BCUT2D eigenvalue weighted by atomic mass is 9.98. The van der Waals surface area contributed by atoms with Crippen molar-refractivity contribution in [3.8, 4) is 0 Å². The Hall–Kier alpha value is -1.63. The van der Waals surface area contributed by atoms with E-state index in [2.05, 4.69) is 0 Å². The molecule has 8 heteroatoms. The Labute approximate surface area is 138 Å². The predicted molar refractivity (Wildman–Crippen MR) is 84.8 cm³/mol. The number of amides is 1. The van der Waals surface area contributed by atoms with E-state index >= 15 is 0 Å². The van der Waals surface area contributed by atoms with Gasteiger partial charge in [-0.15, -0.1) is 12.4 Å². The molecule has 1 atom stereocenters. The molecule has 2 aliphatic heterocycles. The third-order valence-electron chi connectivity index (χ3n) is 4.34. The summed E-state index contributed by atoms with van der Waals surface area (Å²) in [6, 6.07) is 5.02. The topological polar surface area (TPSA) is 49.6 Å². The van der Waals surface area contributed by atoms with E-state index in [1.165, 1.54) is 0 Å². The molecule has 23 heavy (non-hydrogen) atoms. The van der Waals surface area contributed by atoms with Crippen LogP contribution in [0.2, 0.25) is 0 Å². The SMILES string of the molecule is Cl.Nc1cccc2c1CCCN2C1CCN(CC(F)(F)F)C1=O. The van der Waals surface area contributed by atoms with Gasteiger partial charge in [-0.2, -0.15) is 13.2 Å². The van der Waals surface area contributed by atoms with Crippen LogP contribution in [-0.4, -0.2) is 42.7 Å². The second-order valence-electron chi connectivity index (χ2n) is 5.82. The van der Waals surface area contributed by atoms with Crippen LogP contribution in [0.25, 0.3) is 0 Å². The number of nitrogen functional groups attached to an aromatic ring is 1. The molecule has 1 amide bonds. The Morgan fingerprint density at radius 2 is 2.00 bits per heavy atom. The highest BCUT2D eigenvalue weighted by Crippen LogP contribution is 2.35. The first-order chi connectivity index (χ1) is 10.4. The average Bonchev–Trinajstić information content (AvgIpc) is 2.78. The number of carbonyl (C=O) groups is 1. The fourth-order valence-corrected chi connectivity index (χ4v) is 3.39. The summed E-state index contributed by atoms with van der Waals surface area (Å²) in [5, 5.41) is 0. The number of halogens is 4. The molecule has 1 aromatic carbocycles. The second kappa shape index (κ2) is 6.47. The number of hydrogen-bond acceptors (Lipinski definition) is 3. The van der Waals surface area contributed by atoms with Crippen molar-refractivity contribution in [2.24, 2.45) is 0 Å². The summed E-state index contributed by atoms with van der Waals surface area (Å²) in [6.45, 7) is -0.343. The van der Waals surface area contributed by atoms with Crippen LogP contribution in [0.3, 0.4) is 0 Å². The molecule has 3 rings (SSSR count). The molecular weight excluding hydrogens is 331 g/mol. The van der Waals surface area contributed by atoms with Gasteiger partial charge in [0.2, 0.25) is 5.91 Å².